The molecule has 5 nitrogen and oxygen atoms in total. The Labute approximate surface area is 108 Å². The van der Waals surface area contributed by atoms with Gasteiger partial charge in [-0.2, -0.15) is 0 Å². The van der Waals surface area contributed by atoms with Crippen LogP contribution in [0, 0.1) is 0 Å². The van der Waals surface area contributed by atoms with Gasteiger partial charge < -0.3 is 15.2 Å². The van der Waals surface area contributed by atoms with Crippen LogP contribution in [0.3, 0.4) is 0 Å². The van der Waals surface area contributed by atoms with Gasteiger partial charge in [0.25, 0.3) is 0 Å². The molecule has 1 saturated heterocycles. The van der Waals surface area contributed by atoms with Gasteiger partial charge in [-0.15, -0.1) is 0 Å². The van der Waals surface area contributed by atoms with Gasteiger partial charge in [-0.05, 0) is 18.6 Å². The third-order valence-electron chi connectivity index (χ3n) is 3.52. The molecule has 0 aliphatic carbocycles. The number of hydrogen-bond donors (Lipinski definition) is 2. The number of likely N-dealkylation sites (N-methyl/N-ethyl adjacent to an activating group) is 1. The van der Waals surface area contributed by atoms with Gasteiger partial charge in [0.15, 0.2) is 0 Å². The molecular formula is C13H22N4O. The molecule has 0 spiro atoms. The number of piperazine rings is 1. The number of amides is 1. The number of aromatic amines is 1. The Morgan fingerprint density at radius 3 is 2.83 bits per heavy atom. The summed E-state index contributed by atoms with van der Waals surface area (Å²) in [4.78, 5) is 19.4. The molecule has 0 saturated carbocycles. The van der Waals surface area contributed by atoms with E-state index in [0.29, 0.717) is 6.54 Å². The first kappa shape index (κ1) is 13.1. The lowest BCUT2D eigenvalue weighted by molar-refractivity contribution is -0.135. The van der Waals surface area contributed by atoms with Crippen LogP contribution in [-0.4, -0.2) is 60.0 Å². The third kappa shape index (κ3) is 3.11. The standard InChI is InChI=1S/C13H22N4O/c1-11(17-7-5-14-6-8-17)13(18)16(2)10-12-3-4-15-9-12/h3-4,9,11,14-15H,5-8,10H2,1-2H3. The first-order valence-electron chi connectivity index (χ1n) is 6.50. The smallest absolute Gasteiger partial charge is 0.239 e. The van der Waals surface area contributed by atoms with E-state index >= 15 is 0 Å². The lowest BCUT2D eigenvalue weighted by atomic mass is 10.2. The molecule has 1 aliphatic heterocycles. The molecule has 2 heterocycles. The molecule has 1 amide bonds. The highest BCUT2D eigenvalue weighted by molar-refractivity contribution is 5.81. The summed E-state index contributed by atoms with van der Waals surface area (Å²) in [5.41, 5.74) is 1.14. The van der Waals surface area contributed by atoms with E-state index in [4.69, 9.17) is 0 Å². The fourth-order valence-electron chi connectivity index (χ4n) is 2.35. The predicted molar refractivity (Wildman–Crippen MR) is 71.2 cm³/mol. The zero-order valence-corrected chi connectivity index (χ0v) is 11.1. The Kier molecular flexibility index (Phi) is 4.38. The number of carbonyl (C=O) groups excluding carboxylic acids is 1. The van der Waals surface area contributed by atoms with E-state index < -0.39 is 0 Å². The molecule has 0 aromatic carbocycles. The second-order valence-electron chi connectivity index (χ2n) is 4.88. The molecule has 2 rings (SSSR count). The number of nitrogens with zero attached hydrogens (tertiary/aromatic N) is 2. The fourth-order valence-corrected chi connectivity index (χ4v) is 2.35. The maximum atomic E-state index is 12.3. The Morgan fingerprint density at radius 2 is 2.22 bits per heavy atom. The third-order valence-corrected chi connectivity index (χ3v) is 3.52. The number of carbonyl (C=O) groups is 1. The minimum atomic E-state index is -0.0314. The van der Waals surface area contributed by atoms with Crippen LogP contribution in [0.2, 0.25) is 0 Å². The zero-order valence-electron chi connectivity index (χ0n) is 11.1. The van der Waals surface area contributed by atoms with Crippen LogP contribution < -0.4 is 5.32 Å². The van der Waals surface area contributed by atoms with Crippen molar-refractivity contribution < 1.29 is 4.79 Å². The quantitative estimate of drug-likeness (QED) is 0.806. The van der Waals surface area contributed by atoms with E-state index in [1.807, 2.05) is 32.4 Å². The second kappa shape index (κ2) is 6.02. The van der Waals surface area contributed by atoms with Crippen molar-refractivity contribution in [3.05, 3.63) is 24.0 Å². The summed E-state index contributed by atoms with van der Waals surface area (Å²) in [5.74, 6) is 0.193. The average Bonchev–Trinajstić information content (AvgIpc) is 2.91. The molecule has 1 aromatic heterocycles. The normalized spacial score (nSPS) is 18.6. The Bertz CT molecular complexity index is 370. The lowest BCUT2D eigenvalue weighted by Gasteiger charge is -2.33. The Hall–Kier alpha value is -1.33. The van der Waals surface area contributed by atoms with Crippen molar-refractivity contribution in [2.24, 2.45) is 0 Å². The Morgan fingerprint density at radius 1 is 1.50 bits per heavy atom. The molecule has 0 radical (unpaired) electrons. The molecule has 2 N–H and O–H groups in total. The molecule has 1 fully saturated rings. The van der Waals surface area contributed by atoms with E-state index in [2.05, 4.69) is 15.2 Å². The average molecular weight is 250 g/mol. The van der Waals surface area contributed by atoms with E-state index in [-0.39, 0.29) is 11.9 Å². The van der Waals surface area contributed by atoms with Crippen molar-refractivity contribution in [1.82, 2.24) is 20.1 Å². The Balaban J connectivity index is 1.88. The summed E-state index contributed by atoms with van der Waals surface area (Å²) in [7, 11) is 1.87. The predicted octanol–water partition coefficient (Wildman–Crippen LogP) is 0.267. The molecule has 1 unspecified atom stereocenters. The van der Waals surface area contributed by atoms with Gasteiger partial charge in [0.2, 0.25) is 5.91 Å². The van der Waals surface area contributed by atoms with Crippen molar-refractivity contribution in [2.45, 2.75) is 19.5 Å². The molecule has 18 heavy (non-hydrogen) atoms. The highest BCUT2D eigenvalue weighted by atomic mass is 16.2. The van der Waals surface area contributed by atoms with Gasteiger partial charge in [0, 0.05) is 52.2 Å². The summed E-state index contributed by atoms with van der Waals surface area (Å²) in [5, 5.41) is 3.30. The SMILES string of the molecule is CC(C(=O)N(C)Cc1cc[nH]c1)N1CCNCC1. The van der Waals surface area contributed by atoms with E-state index in [1.54, 1.807) is 4.90 Å². The van der Waals surface area contributed by atoms with Crippen LogP contribution in [0.25, 0.3) is 0 Å². The number of nitrogens with one attached hydrogen (secondary N) is 2. The molecular weight excluding hydrogens is 228 g/mol. The van der Waals surface area contributed by atoms with Crippen LogP contribution in [-0.2, 0) is 11.3 Å². The fraction of sp³-hybridized carbons (Fsp3) is 0.615. The monoisotopic (exact) mass is 250 g/mol. The lowest BCUT2D eigenvalue weighted by Crippen LogP contribution is -2.52. The molecule has 1 atom stereocenters. The number of hydrogen-bond acceptors (Lipinski definition) is 3. The molecule has 5 heteroatoms. The minimum absolute atomic E-state index is 0.0314. The summed E-state index contributed by atoms with van der Waals surface area (Å²) in [6, 6.07) is 1.97. The van der Waals surface area contributed by atoms with Gasteiger partial charge in [0.05, 0.1) is 6.04 Å². The highest BCUT2D eigenvalue weighted by Crippen LogP contribution is 2.08. The maximum absolute atomic E-state index is 12.3. The molecule has 1 aliphatic rings. The van der Waals surface area contributed by atoms with Crippen LogP contribution >= 0.6 is 0 Å². The van der Waals surface area contributed by atoms with Crippen molar-refractivity contribution in [2.75, 3.05) is 33.2 Å². The summed E-state index contributed by atoms with van der Waals surface area (Å²) >= 11 is 0. The molecule has 100 valence electrons. The number of aromatic nitrogens is 1. The topological polar surface area (TPSA) is 51.4 Å². The molecule has 0 bridgehead atoms. The number of H-pyrrole nitrogens is 1. The van der Waals surface area contributed by atoms with Crippen LogP contribution in [0.4, 0.5) is 0 Å². The largest absolute Gasteiger partial charge is 0.367 e. The van der Waals surface area contributed by atoms with Gasteiger partial charge in [0.1, 0.15) is 0 Å². The van der Waals surface area contributed by atoms with Gasteiger partial charge in [-0.3, -0.25) is 9.69 Å². The summed E-state index contributed by atoms with van der Waals surface area (Å²) in [6.07, 6.45) is 3.81. The van der Waals surface area contributed by atoms with Crippen molar-refractivity contribution in [3.63, 3.8) is 0 Å². The maximum Gasteiger partial charge on any atom is 0.239 e. The zero-order chi connectivity index (χ0) is 13.0. The molecule has 1 aromatic rings. The van der Waals surface area contributed by atoms with E-state index in [0.717, 1.165) is 31.7 Å². The van der Waals surface area contributed by atoms with Crippen molar-refractivity contribution >= 4 is 5.91 Å². The van der Waals surface area contributed by atoms with Gasteiger partial charge in [-0.1, -0.05) is 0 Å². The van der Waals surface area contributed by atoms with E-state index in [9.17, 15) is 4.79 Å². The van der Waals surface area contributed by atoms with Crippen molar-refractivity contribution in [3.8, 4) is 0 Å². The first-order valence-corrected chi connectivity index (χ1v) is 6.50. The van der Waals surface area contributed by atoms with Crippen LogP contribution in [0.1, 0.15) is 12.5 Å². The van der Waals surface area contributed by atoms with Crippen molar-refractivity contribution in [1.29, 1.82) is 0 Å². The highest BCUT2D eigenvalue weighted by Gasteiger charge is 2.25. The van der Waals surface area contributed by atoms with Crippen LogP contribution in [0.5, 0.6) is 0 Å². The summed E-state index contributed by atoms with van der Waals surface area (Å²) in [6.45, 7) is 6.51. The first-order chi connectivity index (χ1) is 8.68. The van der Waals surface area contributed by atoms with E-state index in [1.165, 1.54) is 0 Å². The minimum Gasteiger partial charge on any atom is -0.367 e. The summed E-state index contributed by atoms with van der Waals surface area (Å²) < 4.78 is 0. The second-order valence-corrected chi connectivity index (χ2v) is 4.88. The van der Waals surface area contributed by atoms with Gasteiger partial charge in [-0.25, -0.2) is 0 Å². The van der Waals surface area contributed by atoms with Gasteiger partial charge >= 0.3 is 0 Å². The number of rotatable bonds is 4. The van der Waals surface area contributed by atoms with Crippen LogP contribution in [0.15, 0.2) is 18.5 Å².